The molecule has 1 saturated heterocycles. The van der Waals surface area contributed by atoms with Gasteiger partial charge in [0.15, 0.2) is 0 Å². The summed E-state index contributed by atoms with van der Waals surface area (Å²) >= 11 is 6.37. The number of rotatable bonds is 4. The molecule has 2 fully saturated rings. The maximum atomic E-state index is 12.9. The van der Waals surface area contributed by atoms with Crippen molar-refractivity contribution >= 4 is 23.2 Å². The maximum absolute atomic E-state index is 12.9. The summed E-state index contributed by atoms with van der Waals surface area (Å²) in [5.74, 6) is 0.711. The monoisotopic (exact) mass is 382 g/mol. The Labute approximate surface area is 164 Å². The first-order valence-electron chi connectivity index (χ1n) is 9.69. The van der Waals surface area contributed by atoms with Crippen molar-refractivity contribution in [3.63, 3.8) is 0 Å². The van der Waals surface area contributed by atoms with Crippen LogP contribution in [0, 0.1) is 5.92 Å². The minimum Gasteiger partial charge on any atom is -0.395 e. The van der Waals surface area contributed by atoms with E-state index in [1.165, 1.54) is 5.56 Å². The zero-order valence-corrected chi connectivity index (χ0v) is 15.8. The summed E-state index contributed by atoms with van der Waals surface area (Å²) in [6.45, 7) is 1.49. The molecule has 0 aromatic heterocycles. The molecule has 140 valence electrons. The molecule has 0 unspecified atom stereocenters. The Balaban J connectivity index is 1.48. The van der Waals surface area contributed by atoms with Gasteiger partial charge in [-0.05, 0) is 36.1 Å². The summed E-state index contributed by atoms with van der Waals surface area (Å²) in [5, 5.41) is 10.8. The third kappa shape index (κ3) is 2.78. The highest BCUT2D eigenvalue weighted by Crippen LogP contribution is 2.49. The number of benzene rings is 2. The zero-order chi connectivity index (χ0) is 18.5. The average molecular weight is 383 g/mol. The predicted octanol–water partition coefficient (Wildman–Crippen LogP) is 3.43. The third-order valence-corrected chi connectivity index (χ3v) is 6.70. The number of halogens is 1. The summed E-state index contributed by atoms with van der Waals surface area (Å²) in [6, 6.07) is 16.3. The van der Waals surface area contributed by atoms with E-state index in [4.69, 9.17) is 11.6 Å². The lowest BCUT2D eigenvalue weighted by Crippen LogP contribution is -2.68. The Kier molecular flexibility index (Phi) is 4.23. The molecule has 2 heterocycles. The van der Waals surface area contributed by atoms with Crippen LogP contribution in [-0.2, 0) is 11.3 Å². The molecule has 5 rings (SSSR count). The summed E-state index contributed by atoms with van der Waals surface area (Å²) < 4.78 is 0. The number of para-hydroxylation sites is 1. The SMILES string of the molecule is O=C(C1CC1)N1C[C@@H]2[C@H](c3ccccc31)[C@@H](CO)N2Cc1ccccc1Cl. The number of carbonyl (C=O) groups is 1. The summed E-state index contributed by atoms with van der Waals surface area (Å²) in [6.07, 6.45) is 2.02. The number of amides is 1. The molecule has 3 aliphatic rings. The van der Waals surface area contributed by atoms with Gasteiger partial charge in [0, 0.05) is 47.7 Å². The van der Waals surface area contributed by atoms with Gasteiger partial charge in [0.25, 0.3) is 0 Å². The first-order chi connectivity index (χ1) is 13.2. The summed E-state index contributed by atoms with van der Waals surface area (Å²) in [4.78, 5) is 17.2. The maximum Gasteiger partial charge on any atom is 0.230 e. The van der Waals surface area contributed by atoms with Crippen LogP contribution in [0.4, 0.5) is 5.69 Å². The number of carbonyl (C=O) groups excluding carboxylic acids is 1. The van der Waals surface area contributed by atoms with Crippen molar-refractivity contribution in [3.8, 4) is 0 Å². The molecule has 0 bridgehead atoms. The number of hydrogen-bond acceptors (Lipinski definition) is 3. The van der Waals surface area contributed by atoms with Crippen molar-refractivity contribution in [2.45, 2.75) is 37.4 Å². The molecule has 0 spiro atoms. The Morgan fingerprint density at radius 3 is 2.59 bits per heavy atom. The lowest BCUT2D eigenvalue weighted by molar-refractivity contribution is -0.121. The molecule has 0 radical (unpaired) electrons. The molecule has 1 aliphatic carbocycles. The number of anilines is 1. The second-order valence-electron chi connectivity index (χ2n) is 7.89. The summed E-state index contributed by atoms with van der Waals surface area (Å²) in [5.41, 5.74) is 3.29. The highest BCUT2D eigenvalue weighted by molar-refractivity contribution is 6.31. The van der Waals surface area contributed by atoms with Crippen LogP contribution in [-0.4, -0.2) is 41.1 Å². The average Bonchev–Trinajstić information content (AvgIpc) is 3.52. The van der Waals surface area contributed by atoms with Crippen LogP contribution in [0.3, 0.4) is 0 Å². The topological polar surface area (TPSA) is 43.8 Å². The van der Waals surface area contributed by atoms with Gasteiger partial charge in [-0.3, -0.25) is 9.69 Å². The molecular formula is C22H23ClN2O2. The van der Waals surface area contributed by atoms with Crippen LogP contribution in [0.1, 0.15) is 29.9 Å². The Morgan fingerprint density at radius 1 is 1.11 bits per heavy atom. The molecule has 1 saturated carbocycles. The fourth-order valence-electron chi connectivity index (χ4n) is 4.78. The van der Waals surface area contributed by atoms with E-state index in [1.807, 2.05) is 41.3 Å². The number of likely N-dealkylation sites (tertiary alicyclic amines) is 1. The quantitative estimate of drug-likeness (QED) is 0.881. The van der Waals surface area contributed by atoms with Crippen LogP contribution in [0.5, 0.6) is 0 Å². The predicted molar refractivity (Wildman–Crippen MR) is 106 cm³/mol. The minimum atomic E-state index is 0.0607. The lowest BCUT2D eigenvalue weighted by Gasteiger charge is -2.59. The second kappa shape index (κ2) is 6.62. The molecule has 27 heavy (non-hydrogen) atoms. The Morgan fingerprint density at radius 2 is 1.85 bits per heavy atom. The normalized spacial score (nSPS) is 26.9. The van der Waals surface area contributed by atoms with E-state index in [-0.39, 0.29) is 36.4 Å². The zero-order valence-electron chi connectivity index (χ0n) is 15.1. The van der Waals surface area contributed by atoms with Crippen molar-refractivity contribution in [1.29, 1.82) is 0 Å². The van der Waals surface area contributed by atoms with Gasteiger partial charge >= 0.3 is 0 Å². The fourth-order valence-corrected chi connectivity index (χ4v) is 4.98. The molecule has 2 aliphatic heterocycles. The Hall–Kier alpha value is -1.88. The van der Waals surface area contributed by atoms with Gasteiger partial charge in [-0.1, -0.05) is 48.0 Å². The Bertz CT molecular complexity index is 882. The molecule has 3 atom stereocenters. The van der Waals surface area contributed by atoms with Gasteiger partial charge in [-0.2, -0.15) is 0 Å². The van der Waals surface area contributed by atoms with Gasteiger partial charge in [-0.15, -0.1) is 0 Å². The van der Waals surface area contributed by atoms with Crippen molar-refractivity contribution in [1.82, 2.24) is 4.90 Å². The van der Waals surface area contributed by atoms with Gasteiger partial charge in [0.05, 0.1) is 6.61 Å². The molecule has 4 nitrogen and oxygen atoms in total. The number of aliphatic hydroxyl groups excluding tert-OH is 1. The van der Waals surface area contributed by atoms with Gasteiger partial charge in [-0.25, -0.2) is 0 Å². The van der Waals surface area contributed by atoms with E-state index in [9.17, 15) is 9.90 Å². The fraction of sp³-hybridized carbons (Fsp3) is 0.409. The molecule has 2 aromatic rings. The number of fused-ring (bicyclic) bond motifs is 3. The second-order valence-corrected chi connectivity index (χ2v) is 8.30. The van der Waals surface area contributed by atoms with E-state index in [2.05, 4.69) is 17.0 Å². The molecular weight excluding hydrogens is 360 g/mol. The van der Waals surface area contributed by atoms with Crippen molar-refractivity contribution < 1.29 is 9.90 Å². The minimum absolute atomic E-state index is 0.0607. The van der Waals surface area contributed by atoms with Crippen LogP contribution in [0.2, 0.25) is 5.02 Å². The van der Waals surface area contributed by atoms with Gasteiger partial charge in [0.2, 0.25) is 5.91 Å². The van der Waals surface area contributed by atoms with E-state index in [0.717, 1.165) is 29.1 Å². The first-order valence-corrected chi connectivity index (χ1v) is 10.1. The standard InChI is InChI=1S/C22H23ClN2O2/c23-17-7-3-1-5-15(17)11-24-19-12-25(22(27)14-9-10-14)18-8-4-2-6-16(18)21(19)20(24)13-26/h1-8,14,19-21,26H,9-13H2/t19-,20-,21+/m1/s1. The van der Waals surface area contributed by atoms with Crippen molar-refractivity contribution in [2.75, 3.05) is 18.1 Å². The number of nitrogens with zero attached hydrogens (tertiary/aromatic N) is 2. The van der Waals surface area contributed by atoms with E-state index >= 15 is 0 Å². The number of aliphatic hydroxyl groups is 1. The third-order valence-electron chi connectivity index (χ3n) is 6.33. The smallest absolute Gasteiger partial charge is 0.230 e. The summed E-state index contributed by atoms with van der Waals surface area (Å²) in [7, 11) is 0. The van der Waals surface area contributed by atoms with Crippen LogP contribution in [0.15, 0.2) is 48.5 Å². The van der Waals surface area contributed by atoms with Crippen molar-refractivity contribution in [2.24, 2.45) is 5.92 Å². The van der Waals surface area contributed by atoms with Crippen LogP contribution in [0.25, 0.3) is 0 Å². The molecule has 5 heteroatoms. The van der Waals surface area contributed by atoms with Crippen molar-refractivity contribution in [3.05, 3.63) is 64.7 Å². The van der Waals surface area contributed by atoms with Crippen LogP contribution >= 0.6 is 11.6 Å². The number of hydrogen-bond donors (Lipinski definition) is 1. The first kappa shape index (κ1) is 17.2. The molecule has 2 aromatic carbocycles. The van der Waals surface area contributed by atoms with Gasteiger partial charge < -0.3 is 10.0 Å². The molecule has 1 amide bonds. The van der Waals surface area contributed by atoms with Crippen LogP contribution < -0.4 is 4.90 Å². The van der Waals surface area contributed by atoms with E-state index < -0.39 is 0 Å². The largest absolute Gasteiger partial charge is 0.395 e. The van der Waals surface area contributed by atoms with E-state index in [0.29, 0.717) is 13.1 Å². The highest BCUT2D eigenvalue weighted by atomic mass is 35.5. The highest BCUT2D eigenvalue weighted by Gasteiger charge is 2.53. The van der Waals surface area contributed by atoms with E-state index in [1.54, 1.807) is 0 Å². The molecule has 1 N–H and O–H groups in total. The van der Waals surface area contributed by atoms with Gasteiger partial charge in [0.1, 0.15) is 0 Å². The lowest BCUT2D eigenvalue weighted by atomic mass is 9.71.